The van der Waals surface area contributed by atoms with E-state index in [2.05, 4.69) is 15.3 Å². The summed E-state index contributed by atoms with van der Waals surface area (Å²) < 4.78 is 5.10. The Balaban J connectivity index is 0.00000312. The zero-order valence-corrected chi connectivity index (χ0v) is 15.5. The maximum atomic E-state index is 12.0. The molecule has 0 aromatic heterocycles. The Labute approximate surface area is 164 Å². The molecule has 1 fully saturated rings. The molecule has 5 atom stereocenters. The van der Waals surface area contributed by atoms with Crippen LogP contribution in [0, 0.1) is 5.92 Å². The molecule has 0 saturated heterocycles. The van der Waals surface area contributed by atoms with Gasteiger partial charge in [-0.15, -0.1) is 0 Å². The molecule has 2 aliphatic rings. The molecule has 0 radical (unpaired) electrons. The molecule has 1 amide bonds. The molecule has 25 heavy (non-hydrogen) atoms. The Morgan fingerprint density at radius 3 is 2.60 bits per heavy atom. The third kappa shape index (κ3) is 5.32. The van der Waals surface area contributed by atoms with Gasteiger partial charge >= 0.3 is 29.6 Å². The van der Waals surface area contributed by atoms with Gasteiger partial charge in [-0.1, -0.05) is 5.11 Å². The van der Waals surface area contributed by atoms with Gasteiger partial charge in [0.25, 0.3) is 0 Å². The molecular weight excluding hydrogens is 347 g/mol. The minimum Gasteiger partial charge on any atom is -0.542 e. The smallest absolute Gasteiger partial charge is 0.542 e. The van der Waals surface area contributed by atoms with E-state index in [4.69, 9.17) is 15.4 Å². The summed E-state index contributed by atoms with van der Waals surface area (Å²) in [6.45, 7) is -0.819. The van der Waals surface area contributed by atoms with Gasteiger partial charge in [-0.25, -0.2) is 0 Å². The number of carbonyl (C=O) groups excluding carboxylic acids is 2. The van der Waals surface area contributed by atoms with E-state index in [1.807, 2.05) is 0 Å². The third-order valence-corrected chi connectivity index (χ3v) is 3.87. The van der Waals surface area contributed by atoms with Gasteiger partial charge in [0.15, 0.2) is 0 Å². The second-order valence-electron chi connectivity index (χ2n) is 5.65. The number of hydrogen-bond acceptors (Lipinski definition) is 8. The number of azide groups is 1. The summed E-state index contributed by atoms with van der Waals surface area (Å²) in [7, 11) is 0. The normalized spacial score (nSPS) is 27.5. The number of ether oxygens (including phenoxy) is 1. The summed E-state index contributed by atoms with van der Waals surface area (Å²) in [4.78, 5) is 25.6. The van der Waals surface area contributed by atoms with Crippen LogP contribution in [0.25, 0.3) is 10.4 Å². The Morgan fingerprint density at radius 1 is 1.48 bits per heavy atom. The minimum absolute atomic E-state index is 0. The van der Waals surface area contributed by atoms with Gasteiger partial charge in [0, 0.05) is 10.8 Å². The maximum absolute atomic E-state index is 12.0. The molecule has 4 N–H and O–H groups in total. The zero-order valence-electron chi connectivity index (χ0n) is 13.5. The molecule has 11 nitrogen and oxygen atoms in total. The Kier molecular flexibility index (Phi) is 8.16. The van der Waals surface area contributed by atoms with Crippen LogP contribution in [0.3, 0.4) is 0 Å². The fourth-order valence-electron chi connectivity index (χ4n) is 2.40. The van der Waals surface area contributed by atoms with E-state index < -0.39 is 48.7 Å². The van der Waals surface area contributed by atoms with Crippen molar-refractivity contribution in [3.8, 4) is 0 Å². The number of aliphatic hydroxyl groups excluding tert-OH is 3. The van der Waals surface area contributed by atoms with Crippen LogP contribution in [0.4, 0.5) is 0 Å². The van der Waals surface area contributed by atoms with Crippen LogP contribution in [0.1, 0.15) is 12.8 Å². The number of carboxylic acids is 1. The Bertz CT molecular complexity index is 591. The number of amides is 1. The summed E-state index contributed by atoms with van der Waals surface area (Å²) in [5, 5.41) is 45.7. The van der Waals surface area contributed by atoms with Gasteiger partial charge in [0.2, 0.25) is 5.91 Å². The van der Waals surface area contributed by atoms with Crippen LogP contribution in [0.2, 0.25) is 0 Å². The number of carboxylic acid groups (broad SMARTS) is 1. The van der Waals surface area contributed by atoms with E-state index in [0.717, 1.165) is 6.08 Å². The molecule has 0 aromatic carbocycles. The van der Waals surface area contributed by atoms with E-state index in [1.54, 1.807) is 0 Å². The number of aliphatic hydroxyl groups is 3. The molecule has 0 bridgehead atoms. The average Bonchev–Trinajstić information content (AvgIpc) is 3.39. The van der Waals surface area contributed by atoms with Gasteiger partial charge in [-0.3, -0.25) is 4.79 Å². The van der Waals surface area contributed by atoms with Crippen molar-refractivity contribution in [2.45, 2.75) is 43.2 Å². The van der Waals surface area contributed by atoms with Crippen molar-refractivity contribution in [2.24, 2.45) is 11.0 Å². The second kappa shape index (κ2) is 9.39. The predicted octanol–water partition coefficient (Wildman–Crippen LogP) is -5.69. The van der Waals surface area contributed by atoms with E-state index in [0.29, 0.717) is 12.8 Å². The topological polar surface area (TPSA) is 188 Å². The van der Waals surface area contributed by atoms with E-state index in [1.165, 1.54) is 0 Å². The van der Waals surface area contributed by atoms with Gasteiger partial charge in [-0.2, -0.15) is 0 Å². The largest absolute Gasteiger partial charge is 1.00 e. The zero-order chi connectivity index (χ0) is 17.9. The molecule has 1 heterocycles. The first-order valence-corrected chi connectivity index (χ1v) is 7.30. The summed E-state index contributed by atoms with van der Waals surface area (Å²) in [6.07, 6.45) is -2.50. The number of hydrogen-bond donors (Lipinski definition) is 4. The number of nitrogens with one attached hydrogen (secondary N) is 1. The van der Waals surface area contributed by atoms with Gasteiger partial charge in [0.1, 0.15) is 30.0 Å². The van der Waals surface area contributed by atoms with E-state index >= 15 is 0 Å². The SMILES string of the molecule is [N-]=[N+]=N[C@H]1C=C(C(=O)[O-])O[C@@H]([C@H](O)[C@H](O)CO)[C@@H]1NC(=O)C1CC1.[Na+]. The first kappa shape index (κ1) is 21.7. The minimum atomic E-state index is -1.74. The fourth-order valence-corrected chi connectivity index (χ4v) is 2.40. The van der Waals surface area contributed by atoms with Crippen molar-refractivity contribution < 1.29 is 64.3 Å². The molecule has 0 aromatic rings. The first-order chi connectivity index (χ1) is 11.4. The number of aliphatic carboxylic acids is 1. The molecule has 1 aliphatic carbocycles. The van der Waals surface area contributed by atoms with Crippen molar-refractivity contribution in [3.05, 3.63) is 22.3 Å². The van der Waals surface area contributed by atoms with Crippen LogP contribution in [-0.4, -0.2) is 64.2 Å². The first-order valence-electron chi connectivity index (χ1n) is 7.30. The average molecular weight is 364 g/mol. The van der Waals surface area contributed by atoms with Crippen molar-refractivity contribution in [2.75, 3.05) is 6.61 Å². The van der Waals surface area contributed by atoms with Crippen LogP contribution in [0.15, 0.2) is 16.9 Å². The third-order valence-electron chi connectivity index (χ3n) is 3.87. The molecule has 132 valence electrons. The quantitative estimate of drug-likeness (QED) is 0.150. The molecular formula is C13H17N4NaO7. The predicted molar refractivity (Wildman–Crippen MR) is 74.7 cm³/mol. The van der Waals surface area contributed by atoms with Gasteiger partial charge in [0.05, 0.1) is 18.7 Å². The van der Waals surface area contributed by atoms with Gasteiger partial charge < -0.3 is 35.3 Å². The molecule has 12 heteroatoms. The molecule has 0 spiro atoms. The van der Waals surface area contributed by atoms with Crippen molar-refractivity contribution in [3.63, 3.8) is 0 Å². The molecule has 1 aliphatic heterocycles. The number of carbonyl (C=O) groups is 2. The fraction of sp³-hybridized carbons (Fsp3) is 0.692. The summed E-state index contributed by atoms with van der Waals surface area (Å²) in [5.74, 6) is -2.97. The van der Waals surface area contributed by atoms with Gasteiger partial charge in [-0.05, 0) is 24.4 Å². The van der Waals surface area contributed by atoms with E-state index in [-0.39, 0.29) is 41.4 Å². The Morgan fingerprint density at radius 2 is 2.12 bits per heavy atom. The summed E-state index contributed by atoms with van der Waals surface area (Å²) in [6, 6.07) is -2.29. The molecule has 0 unspecified atom stereocenters. The Hall–Kier alpha value is -1.33. The molecule has 2 rings (SSSR count). The van der Waals surface area contributed by atoms with Crippen LogP contribution in [0.5, 0.6) is 0 Å². The van der Waals surface area contributed by atoms with Crippen LogP contribution >= 0.6 is 0 Å². The van der Waals surface area contributed by atoms with Crippen LogP contribution in [-0.2, 0) is 14.3 Å². The number of rotatable bonds is 7. The standard InChI is InChI=1S/C13H18N4O7.Na/c14-17-16-6-3-8(13(22)23)24-11(10(20)7(19)4-18)9(6)15-12(21)5-1-2-5;/h3,5-7,9-11,18-20H,1-2,4H2,(H,15,21)(H,22,23);/q;+1/p-1/t6-,7+,9+,10+,11+;/m0./s1. The summed E-state index contributed by atoms with van der Waals surface area (Å²) in [5.41, 5.74) is 8.66. The monoisotopic (exact) mass is 364 g/mol. The van der Waals surface area contributed by atoms with Crippen LogP contribution < -0.4 is 40.0 Å². The van der Waals surface area contributed by atoms with Crippen molar-refractivity contribution in [1.82, 2.24) is 5.32 Å². The number of nitrogens with zero attached hydrogens (tertiary/aromatic N) is 3. The van der Waals surface area contributed by atoms with Crippen molar-refractivity contribution in [1.29, 1.82) is 0 Å². The summed E-state index contributed by atoms with van der Waals surface area (Å²) >= 11 is 0. The van der Waals surface area contributed by atoms with E-state index in [9.17, 15) is 24.9 Å². The molecule has 1 saturated carbocycles. The second-order valence-corrected chi connectivity index (χ2v) is 5.65. The van der Waals surface area contributed by atoms with Crippen molar-refractivity contribution >= 4 is 11.9 Å². The maximum Gasteiger partial charge on any atom is 1.00 e.